The highest BCUT2D eigenvalue weighted by atomic mass is 32.1. The van der Waals surface area contributed by atoms with Gasteiger partial charge < -0.3 is 9.64 Å². The third-order valence-electron chi connectivity index (χ3n) is 4.17. The van der Waals surface area contributed by atoms with Crippen LogP contribution >= 0.6 is 11.3 Å². The van der Waals surface area contributed by atoms with Gasteiger partial charge in [-0.1, -0.05) is 49.4 Å². The van der Waals surface area contributed by atoms with E-state index in [4.69, 9.17) is 4.74 Å². The number of nitrogens with zero attached hydrogens (tertiary/aromatic N) is 2. The van der Waals surface area contributed by atoms with Crippen molar-refractivity contribution in [2.24, 2.45) is 0 Å². The maximum atomic E-state index is 12.2. The van der Waals surface area contributed by atoms with E-state index >= 15 is 0 Å². The van der Waals surface area contributed by atoms with Crippen LogP contribution in [-0.2, 0) is 16.0 Å². The number of carbonyl (C=O) groups excluding carboxylic acids is 2. The van der Waals surface area contributed by atoms with Crippen molar-refractivity contribution >= 4 is 28.9 Å². The highest BCUT2D eigenvalue weighted by Gasteiger charge is 2.17. The molecule has 2 aromatic carbocycles. The van der Waals surface area contributed by atoms with Gasteiger partial charge in [-0.05, 0) is 24.1 Å². The lowest BCUT2D eigenvalue weighted by atomic mass is 10.1. The van der Waals surface area contributed by atoms with Gasteiger partial charge in [-0.2, -0.15) is 0 Å². The van der Waals surface area contributed by atoms with Crippen LogP contribution in [0.2, 0.25) is 0 Å². The van der Waals surface area contributed by atoms with Crippen LogP contribution in [0.15, 0.2) is 60.0 Å². The molecule has 6 heteroatoms. The molecule has 0 saturated carbocycles. The van der Waals surface area contributed by atoms with Crippen LogP contribution in [0.1, 0.15) is 23.0 Å². The first-order chi connectivity index (χ1) is 13.1. The van der Waals surface area contributed by atoms with Gasteiger partial charge in [0.1, 0.15) is 5.01 Å². The molecule has 1 amide bonds. The Bertz CT molecular complexity index is 920. The molecular weight excluding hydrogens is 360 g/mol. The minimum absolute atomic E-state index is 0.213. The second kappa shape index (κ2) is 8.60. The van der Waals surface area contributed by atoms with Crippen LogP contribution in [0.3, 0.4) is 0 Å². The van der Waals surface area contributed by atoms with Crippen molar-refractivity contribution in [2.75, 3.05) is 18.6 Å². The topological polar surface area (TPSA) is 59.5 Å². The SMILES string of the molecule is CCc1ccc(-c2nc(C(=O)OCC(=O)N(C)c3ccccc3)cs2)cc1. The fourth-order valence-electron chi connectivity index (χ4n) is 2.48. The molecule has 3 aromatic rings. The summed E-state index contributed by atoms with van der Waals surface area (Å²) in [5.41, 5.74) is 3.15. The monoisotopic (exact) mass is 380 g/mol. The Labute approximate surface area is 162 Å². The van der Waals surface area contributed by atoms with E-state index in [1.165, 1.54) is 21.8 Å². The van der Waals surface area contributed by atoms with Crippen molar-refractivity contribution in [1.29, 1.82) is 0 Å². The third-order valence-corrected chi connectivity index (χ3v) is 5.06. The standard InChI is InChI=1S/C21H20N2O3S/c1-3-15-9-11-16(12-10-15)20-22-18(14-27-20)21(25)26-13-19(24)23(2)17-7-5-4-6-8-17/h4-12,14H,3,13H2,1-2H3. The molecule has 5 nitrogen and oxygen atoms in total. The Kier molecular flexibility index (Phi) is 5.98. The molecule has 0 bridgehead atoms. The number of para-hydroxylation sites is 1. The smallest absolute Gasteiger partial charge is 0.358 e. The van der Waals surface area contributed by atoms with Gasteiger partial charge in [-0.15, -0.1) is 11.3 Å². The van der Waals surface area contributed by atoms with E-state index in [2.05, 4.69) is 11.9 Å². The van der Waals surface area contributed by atoms with Crippen molar-refractivity contribution in [3.63, 3.8) is 0 Å². The number of hydrogen-bond acceptors (Lipinski definition) is 5. The molecule has 0 N–H and O–H groups in total. The zero-order valence-corrected chi connectivity index (χ0v) is 16.0. The Morgan fingerprint density at radius 3 is 2.44 bits per heavy atom. The van der Waals surface area contributed by atoms with Crippen LogP contribution in [0.4, 0.5) is 5.69 Å². The fraction of sp³-hybridized carbons (Fsp3) is 0.190. The minimum atomic E-state index is -0.600. The lowest BCUT2D eigenvalue weighted by Crippen LogP contribution is -2.31. The molecule has 0 aliphatic carbocycles. The predicted octanol–water partition coefficient (Wildman–Crippen LogP) is 4.19. The Hall–Kier alpha value is -2.99. The van der Waals surface area contributed by atoms with Crippen molar-refractivity contribution in [3.8, 4) is 10.6 Å². The zero-order chi connectivity index (χ0) is 19.2. The molecule has 1 heterocycles. The van der Waals surface area contributed by atoms with Crippen LogP contribution in [0.25, 0.3) is 10.6 Å². The van der Waals surface area contributed by atoms with Crippen LogP contribution in [-0.4, -0.2) is 30.5 Å². The minimum Gasteiger partial charge on any atom is -0.451 e. The van der Waals surface area contributed by atoms with Gasteiger partial charge in [0.2, 0.25) is 0 Å². The Morgan fingerprint density at radius 2 is 1.78 bits per heavy atom. The van der Waals surface area contributed by atoms with Gasteiger partial charge in [0.15, 0.2) is 12.3 Å². The van der Waals surface area contributed by atoms with Gasteiger partial charge in [0.25, 0.3) is 5.91 Å². The fourth-order valence-corrected chi connectivity index (χ4v) is 3.27. The van der Waals surface area contributed by atoms with Gasteiger partial charge in [-0.3, -0.25) is 4.79 Å². The summed E-state index contributed by atoms with van der Waals surface area (Å²) in [4.78, 5) is 30.2. The van der Waals surface area contributed by atoms with E-state index in [9.17, 15) is 9.59 Å². The molecule has 3 rings (SSSR count). The third kappa shape index (κ3) is 4.60. The van der Waals surface area contributed by atoms with E-state index in [0.717, 1.165) is 22.7 Å². The lowest BCUT2D eigenvalue weighted by Gasteiger charge is -2.16. The van der Waals surface area contributed by atoms with Crippen molar-refractivity contribution < 1.29 is 14.3 Å². The van der Waals surface area contributed by atoms with E-state index < -0.39 is 5.97 Å². The van der Waals surface area contributed by atoms with Crippen molar-refractivity contribution in [3.05, 3.63) is 71.2 Å². The molecule has 0 atom stereocenters. The number of ether oxygens (including phenoxy) is 1. The second-order valence-corrected chi connectivity index (χ2v) is 6.81. The summed E-state index contributed by atoms with van der Waals surface area (Å²) in [5, 5.41) is 2.40. The van der Waals surface area contributed by atoms with Crippen molar-refractivity contribution in [1.82, 2.24) is 4.98 Å². The molecular formula is C21H20N2O3S. The summed E-state index contributed by atoms with van der Waals surface area (Å²) in [6.07, 6.45) is 0.973. The van der Waals surface area contributed by atoms with E-state index in [-0.39, 0.29) is 18.2 Å². The van der Waals surface area contributed by atoms with Gasteiger partial charge >= 0.3 is 5.97 Å². The van der Waals surface area contributed by atoms with Crippen molar-refractivity contribution in [2.45, 2.75) is 13.3 Å². The number of hydrogen-bond donors (Lipinski definition) is 0. The number of benzene rings is 2. The number of amides is 1. The molecule has 27 heavy (non-hydrogen) atoms. The average molecular weight is 380 g/mol. The number of aryl methyl sites for hydroxylation is 1. The first-order valence-corrected chi connectivity index (χ1v) is 9.50. The Morgan fingerprint density at radius 1 is 1.07 bits per heavy atom. The summed E-state index contributed by atoms with van der Waals surface area (Å²) in [6.45, 7) is 1.77. The van der Waals surface area contributed by atoms with Crippen LogP contribution < -0.4 is 4.90 Å². The zero-order valence-electron chi connectivity index (χ0n) is 15.2. The normalized spacial score (nSPS) is 10.4. The number of aromatic nitrogens is 1. The second-order valence-electron chi connectivity index (χ2n) is 5.95. The number of anilines is 1. The number of esters is 1. The highest BCUT2D eigenvalue weighted by molar-refractivity contribution is 7.13. The summed E-state index contributed by atoms with van der Waals surface area (Å²) in [6, 6.07) is 17.3. The van der Waals surface area contributed by atoms with Gasteiger partial charge in [0, 0.05) is 23.7 Å². The predicted molar refractivity (Wildman–Crippen MR) is 107 cm³/mol. The molecule has 0 spiro atoms. The summed E-state index contributed by atoms with van der Waals surface area (Å²) in [7, 11) is 1.65. The van der Waals surface area contributed by atoms with E-state index in [0.29, 0.717) is 0 Å². The summed E-state index contributed by atoms with van der Waals surface area (Å²) in [5.74, 6) is -0.905. The summed E-state index contributed by atoms with van der Waals surface area (Å²) >= 11 is 1.37. The largest absolute Gasteiger partial charge is 0.451 e. The molecule has 138 valence electrons. The number of thiazole rings is 1. The first-order valence-electron chi connectivity index (χ1n) is 8.62. The molecule has 1 aromatic heterocycles. The summed E-state index contributed by atoms with van der Waals surface area (Å²) < 4.78 is 5.13. The van der Waals surface area contributed by atoms with E-state index in [1.54, 1.807) is 12.4 Å². The lowest BCUT2D eigenvalue weighted by molar-refractivity contribution is -0.121. The highest BCUT2D eigenvalue weighted by Crippen LogP contribution is 2.24. The van der Waals surface area contributed by atoms with Crippen LogP contribution in [0.5, 0.6) is 0 Å². The molecule has 0 radical (unpaired) electrons. The number of rotatable bonds is 6. The molecule has 0 saturated heterocycles. The maximum Gasteiger partial charge on any atom is 0.358 e. The average Bonchev–Trinajstić information content (AvgIpc) is 3.22. The van der Waals surface area contributed by atoms with Gasteiger partial charge in [0.05, 0.1) is 0 Å². The van der Waals surface area contributed by atoms with Gasteiger partial charge in [-0.25, -0.2) is 9.78 Å². The van der Waals surface area contributed by atoms with Crippen LogP contribution in [0, 0.1) is 0 Å². The molecule has 0 unspecified atom stereocenters. The first kappa shape index (κ1) is 18.8. The Balaban J connectivity index is 1.60. The maximum absolute atomic E-state index is 12.2. The number of carbonyl (C=O) groups is 2. The number of likely N-dealkylation sites (N-methyl/N-ethyl adjacent to an activating group) is 1. The molecule has 0 fully saturated rings. The van der Waals surface area contributed by atoms with E-state index in [1.807, 2.05) is 54.6 Å². The molecule has 0 aliphatic heterocycles. The quantitative estimate of drug-likeness (QED) is 0.602. The molecule has 0 aliphatic rings.